The predicted octanol–water partition coefficient (Wildman–Crippen LogP) is 3.03. The highest BCUT2D eigenvalue weighted by atomic mass is 34.6. The molecule has 0 saturated carbocycles. The molecule has 0 aromatic heterocycles. The molecule has 66 valence electrons. The maximum absolute atomic E-state index is 11.1. The van der Waals surface area contributed by atoms with Gasteiger partial charge in [0, 0.05) is 6.26 Å². The summed E-state index contributed by atoms with van der Waals surface area (Å²) in [6, 6.07) is 0. The zero-order chi connectivity index (χ0) is 8.69. The Labute approximate surface area is 89.8 Å². The van der Waals surface area contributed by atoms with E-state index in [1.165, 1.54) is 6.26 Å². The lowest BCUT2D eigenvalue weighted by Crippen LogP contribution is -2.06. The maximum Gasteiger partial charge on any atom is 0.0848 e. The lowest BCUT2D eigenvalue weighted by Gasteiger charge is -2.58. The van der Waals surface area contributed by atoms with Gasteiger partial charge in [0.05, 0.1) is 9.83 Å². The van der Waals surface area contributed by atoms with Crippen LogP contribution in [0, 0.1) is 0 Å². The third-order valence-electron chi connectivity index (χ3n) is 0.679. The third kappa shape index (κ3) is 3.15. The highest BCUT2D eigenvalue weighted by molar-refractivity contribution is 10.1. The first-order valence-corrected chi connectivity index (χ1v) is 12.9. The minimum atomic E-state index is -3.61. The highest BCUT2D eigenvalue weighted by Gasteiger charge is 2.51. The van der Waals surface area contributed by atoms with Crippen molar-refractivity contribution in [3.05, 3.63) is 0 Å². The van der Waals surface area contributed by atoms with Gasteiger partial charge in [0.1, 0.15) is 0 Å². The second kappa shape index (κ2) is 2.79. The molecule has 0 aliphatic carbocycles. The van der Waals surface area contributed by atoms with Gasteiger partial charge in [0.25, 0.3) is 0 Å². The Morgan fingerprint density at radius 2 is 1.60 bits per heavy atom. The van der Waals surface area contributed by atoms with Gasteiger partial charge in [-0.2, -0.15) is 0 Å². The van der Waals surface area contributed by atoms with Crippen LogP contribution >= 0.6 is 70.6 Å². The van der Waals surface area contributed by atoms with E-state index in [2.05, 4.69) is 58.3 Å². The van der Waals surface area contributed by atoms with Crippen molar-refractivity contribution in [3.8, 4) is 0 Å². The summed E-state index contributed by atoms with van der Waals surface area (Å²) in [6.45, 7) is 0. The van der Waals surface area contributed by atoms with Gasteiger partial charge >= 0.3 is 0 Å². The van der Waals surface area contributed by atoms with Crippen molar-refractivity contribution in [2.24, 2.45) is 0 Å². The lowest BCUT2D eigenvalue weighted by atomic mass is 12.0. The van der Waals surface area contributed by atoms with Gasteiger partial charge < -0.3 is 0 Å². The second-order valence-corrected chi connectivity index (χ2v) is 35.8. The Kier molecular flexibility index (Phi) is 3.52. The predicted molar refractivity (Wildman–Crippen MR) is 74.2 cm³/mol. The standard InChI is InChI=1S/CH8OS8/c1-9(2)10(4,5,6,7)8-3/h3-7H,1H3. The molecule has 0 aromatic carbocycles. The molecule has 0 heterocycles. The molecule has 0 fully saturated rings. The monoisotopic (exact) mass is 292 g/mol. The van der Waals surface area contributed by atoms with Gasteiger partial charge in [-0.25, -0.2) is 4.21 Å². The molecule has 0 aromatic rings. The quantitative estimate of drug-likeness (QED) is 0.398. The van der Waals surface area contributed by atoms with Crippen LogP contribution in [0.1, 0.15) is 0 Å². The molecule has 1 unspecified atom stereocenters. The van der Waals surface area contributed by atoms with E-state index in [-0.39, 0.29) is 0 Å². The molecule has 0 radical (unpaired) electrons. The van der Waals surface area contributed by atoms with Crippen LogP contribution in [0.4, 0.5) is 0 Å². The molecule has 9 heteroatoms. The molecular weight excluding hydrogens is 285 g/mol. The average Bonchev–Trinajstić information content (AvgIpc) is 1.64. The number of thiol groups is 5. The summed E-state index contributed by atoms with van der Waals surface area (Å²) in [5, 5.41) is 0. The van der Waals surface area contributed by atoms with Crippen molar-refractivity contribution >= 4 is 80.4 Å². The highest BCUT2D eigenvalue weighted by Crippen LogP contribution is 3.13. The summed E-state index contributed by atoms with van der Waals surface area (Å²) < 4.78 is 7.52. The summed E-state index contributed by atoms with van der Waals surface area (Å²) in [6.07, 6.45) is 1.45. The Morgan fingerprint density at radius 3 is 1.60 bits per heavy atom. The van der Waals surface area contributed by atoms with Gasteiger partial charge in [-0.1, -0.05) is 11.7 Å². The van der Waals surface area contributed by atoms with E-state index in [0.29, 0.717) is 0 Å². The fourth-order valence-corrected chi connectivity index (χ4v) is 3.47. The molecule has 0 rings (SSSR count). The van der Waals surface area contributed by atoms with Gasteiger partial charge in [-0.3, -0.25) is 0 Å². The molecule has 0 amide bonds. The van der Waals surface area contributed by atoms with Gasteiger partial charge in [-0.15, -0.1) is 46.6 Å². The largest absolute Gasteiger partial charge is 0.248 e. The number of rotatable bonds is 2. The number of hydrogen-bond donors (Lipinski definition) is 5. The van der Waals surface area contributed by atoms with E-state index in [0.717, 1.165) is 9.83 Å². The van der Waals surface area contributed by atoms with Crippen molar-refractivity contribution in [3.63, 3.8) is 0 Å². The zero-order valence-corrected chi connectivity index (χ0v) is 11.8. The Morgan fingerprint density at radius 1 is 1.30 bits per heavy atom. The van der Waals surface area contributed by atoms with Crippen LogP contribution in [-0.4, -0.2) is 10.5 Å². The fraction of sp³-hybridized carbons (Fsp3) is 1.00. The molecule has 0 spiro atoms. The SMILES string of the molecule is CS(=O)S(S)(S)(S)(S)SS. The second-order valence-electron chi connectivity index (χ2n) is 1.63. The third-order valence-corrected chi connectivity index (χ3v) is 27.2. The minimum Gasteiger partial charge on any atom is -0.248 e. The van der Waals surface area contributed by atoms with E-state index in [1.807, 2.05) is 0 Å². The Hall–Kier alpha value is 2.60. The summed E-state index contributed by atoms with van der Waals surface area (Å²) in [5.41, 5.74) is 0. The minimum absolute atomic E-state index is 0.909. The average molecular weight is 293 g/mol. The molecule has 10 heavy (non-hydrogen) atoms. The first-order valence-electron chi connectivity index (χ1n) is 1.82. The van der Waals surface area contributed by atoms with Gasteiger partial charge in [0.15, 0.2) is 0 Å². The van der Waals surface area contributed by atoms with E-state index < -0.39 is 12.3 Å². The van der Waals surface area contributed by atoms with Gasteiger partial charge in [0.2, 0.25) is 0 Å². The topological polar surface area (TPSA) is 17.1 Å². The Balaban J connectivity index is 5.13. The van der Waals surface area contributed by atoms with Gasteiger partial charge in [-0.05, 0) is 12.3 Å². The Bertz CT molecular complexity index is 170. The normalized spacial score (nSPS) is 23.0. The van der Waals surface area contributed by atoms with Crippen molar-refractivity contribution in [1.82, 2.24) is 0 Å². The summed E-state index contributed by atoms with van der Waals surface area (Å²) in [4.78, 5) is 0. The zero-order valence-electron chi connectivity index (χ0n) is 4.87. The van der Waals surface area contributed by atoms with Crippen LogP contribution in [0.3, 0.4) is 0 Å². The van der Waals surface area contributed by atoms with Crippen molar-refractivity contribution < 1.29 is 4.21 Å². The number of hydrogen-bond acceptors (Lipinski definition) is 7. The van der Waals surface area contributed by atoms with Crippen molar-refractivity contribution in [1.29, 1.82) is 0 Å². The molecule has 1 atom stereocenters. The molecule has 0 bridgehead atoms. The first kappa shape index (κ1) is 12.6. The van der Waals surface area contributed by atoms with E-state index in [4.69, 9.17) is 0 Å². The summed E-state index contributed by atoms with van der Waals surface area (Å²) >= 11 is 20.2. The van der Waals surface area contributed by atoms with E-state index in [1.54, 1.807) is 0 Å². The van der Waals surface area contributed by atoms with Crippen LogP contribution in [0.25, 0.3) is 0 Å². The lowest BCUT2D eigenvalue weighted by molar-refractivity contribution is 0.695. The molecular formula is CH8OS8. The fourth-order valence-electron chi connectivity index (χ4n) is 0.0429. The molecule has 0 N–H and O–H groups in total. The molecule has 0 saturated heterocycles. The van der Waals surface area contributed by atoms with Crippen LogP contribution in [-0.2, 0) is 9.83 Å². The van der Waals surface area contributed by atoms with E-state index in [9.17, 15) is 4.21 Å². The first-order chi connectivity index (χ1) is 4.02. The van der Waals surface area contributed by atoms with Crippen molar-refractivity contribution in [2.75, 3.05) is 6.26 Å². The summed E-state index contributed by atoms with van der Waals surface area (Å²) in [7, 11) is -0.437. The molecule has 0 aliphatic rings. The van der Waals surface area contributed by atoms with Crippen molar-refractivity contribution in [2.45, 2.75) is 0 Å². The smallest absolute Gasteiger partial charge is 0.0848 e. The maximum atomic E-state index is 11.1. The summed E-state index contributed by atoms with van der Waals surface area (Å²) in [5.74, 6) is 0. The van der Waals surface area contributed by atoms with Crippen LogP contribution in [0.15, 0.2) is 0 Å². The molecule has 1 nitrogen and oxygen atoms in total. The van der Waals surface area contributed by atoms with Crippen LogP contribution < -0.4 is 0 Å². The van der Waals surface area contributed by atoms with E-state index >= 15 is 0 Å². The molecule has 0 aliphatic heterocycles. The van der Waals surface area contributed by atoms with Crippen LogP contribution in [0.2, 0.25) is 0 Å². The van der Waals surface area contributed by atoms with Crippen LogP contribution in [0.5, 0.6) is 0 Å².